The molecule has 5 heteroatoms. The van der Waals surface area contributed by atoms with E-state index in [-0.39, 0.29) is 17.9 Å². The lowest BCUT2D eigenvalue weighted by molar-refractivity contribution is -0.142. The van der Waals surface area contributed by atoms with Crippen molar-refractivity contribution in [3.63, 3.8) is 0 Å². The molecule has 1 aliphatic rings. The zero-order chi connectivity index (χ0) is 12.3. The Morgan fingerprint density at radius 2 is 2.12 bits per heavy atom. The van der Waals surface area contributed by atoms with Crippen molar-refractivity contribution in [1.29, 1.82) is 0 Å². The van der Waals surface area contributed by atoms with Crippen LogP contribution in [0.15, 0.2) is 0 Å². The first kappa shape index (κ1) is 13.0. The van der Waals surface area contributed by atoms with Gasteiger partial charge < -0.3 is 15.3 Å². The fraction of sp³-hybridized carbons (Fsp3) is 0.818. The standard InChI is InChI=1S/C11H20N2O3/c1-7-5-4-6-13(7)11(16)10(15)8(2)12-9(3)14/h7-8,10,15H,4-6H2,1-3H3,(H,12,14). The van der Waals surface area contributed by atoms with E-state index in [0.717, 1.165) is 12.8 Å². The molecule has 1 aliphatic heterocycles. The summed E-state index contributed by atoms with van der Waals surface area (Å²) in [6.07, 6.45) is 0.811. The quantitative estimate of drug-likeness (QED) is 0.707. The first-order valence-corrected chi connectivity index (χ1v) is 5.69. The van der Waals surface area contributed by atoms with Crippen molar-refractivity contribution in [2.45, 2.75) is 51.8 Å². The van der Waals surface area contributed by atoms with E-state index in [1.165, 1.54) is 6.92 Å². The summed E-state index contributed by atoms with van der Waals surface area (Å²) in [4.78, 5) is 24.4. The van der Waals surface area contributed by atoms with E-state index in [1.54, 1.807) is 11.8 Å². The Labute approximate surface area is 95.8 Å². The van der Waals surface area contributed by atoms with Crippen LogP contribution >= 0.6 is 0 Å². The van der Waals surface area contributed by atoms with Gasteiger partial charge in [-0.1, -0.05) is 0 Å². The monoisotopic (exact) mass is 228 g/mol. The van der Waals surface area contributed by atoms with E-state index >= 15 is 0 Å². The van der Waals surface area contributed by atoms with Crippen LogP contribution in [0.5, 0.6) is 0 Å². The molecule has 3 unspecified atom stereocenters. The molecule has 5 nitrogen and oxygen atoms in total. The first-order chi connectivity index (χ1) is 7.43. The molecule has 0 aromatic carbocycles. The number of amides is 2. The summed E-state index contributed by atoms with van der Waals surface area (Å²) in [5, 5.41) is 12.3. The molecule has 0 aliphatic carbocycles. The second kappa shape index (κ2) is 5.30. The minimum absolute atomic E-state index is 0.187. The van der Waals surface area contributed by atoms with Crippen molar-refractivity contribution in [2.75, 3.05) is 6.54 Å². The molecule has 1 heterocycles. The molecule has 0 aromatic heterocycles. The summed E-state index contributed by atoms with van der Waals surface area (Å²) in [5.74, 6) is -0.528. The highest BCUT2D eigenvalue weighted by Gasteiger charge is 2.32. The molecule has 0 radical (unpaired) electrons. The number of carbonyl (C=O) groups excluding carboxylic acids is 2. The van der Waals surface area contributed by atoms with Gasteiger partial charge in [-0.05, 0) is 26.7 Å². The number of carbonyl (C=O) groups is 2. The highest BCUT2D eigenvalue weighted by atomic mass is 16.3. The summed E-state index contributed by atoms with van der Waals surface area (Å²) in [6, 6.07) is -0.357. The van der Waals surface area contributed by atoms with Gasteiger partial charge in [0.15, 0.2) is 6.10 Å². The number of rotatable bonds is 3. The van der Waals surface area contributed by atoms with E-state index in [1.807, 2.05) is 6.92 Å². The van der Waals surface area contributed by atoms with Gasteiger partial charge >= 0.3 is 0 Å². The van der Waals surface area contributed by atoms with Crippen LogP contribution in [0.2, 0.25) is 0 Å². The van der Waals surface area contributed by atoms with Gasteiger partial charge in [0.2, 0.25) is 5.91 Å². The summed E-state index contributed by atoms with van der Waals surface area (Å²) in [7, 11) is 0. The molecule has 0 spiro atoms. The molecular weight excluding hydrogens is 208 g/mol. The molecule has 3 atom stereocenters. The normalized spacial score (nSPS) is 24.0. The number of nitrogens with one attached hydrogen (secondary N) is 1. The number of nitrogens with zero attached hydrogens (tertiary/aromatic N) is 1. The van der Waals surface area contributed by atoms with E-state index in [9.17, 15) is 14.7 Å². The largest absolute Gasteiger partial charge is 0.381 e. The van der Waals surface area contributed by atoms with Gasteiger partial charge in [-0.3, -0.25) is 9.59 Å². The SMILES string of the molecule is CC(=O)NC(C)C(O)C(=O)N1CCCC1C. The number of likely N-dealkylation sites (tertiary alicyclic amines) is 1. The Hall–Kier alpha value is -1.10. The zero-order valence-electron chi connectivity index (χ0n) is 10.1. The molecule has 1 fully saturated rings. The summed E-state index contributed by atoms with van der Waals surface area (Å²) < 4.78 is 0. The number of hydrogen-bond donors (Lipinski definition) is 2. The van der Waals surface area contributed by atoms with Crippen molar-refractivity contribution in [3.8, 4) is 0 Å². The van der Waals surface area contributed by atoms with Crippen molar-refractivity contribution in [2.24, 2.45) is 0 Å². The molecule has 2 N–H and O–H groups in total. The van der Waals surface area contributed by atoms with Gasteiger partial charge in [0.05, 0.1) is 6.04 Å². The van der Waals surface area contributed by atoms with Crippen LogP contribution in [0.4, 0.5) is 0 Å². The second-order valence-electron chi connectivity index (χ2n) is 4.46. The Morgan fingerprint density at radius 3 is 2.56 bits per heavy atom. The lowest BCUT2D eigenvalue weighted by Crippen LogP contribution is -2.50. The Kier molecular flexibility index (Phi) is 4.29. The van der Waals surface area contributed by atoms with Crippen LogP contribution in [0, 0.1) is 0 Å². The Bertz CT molecular complexity index is 280. The fourth-order valence-corrected chi connectivity index (χ4v) is 2.04. The van der Waals surface area contributed by atoms with Gasteiger partial charge in [0.1, 0.15) is 0 Å². The molecule has 1 rings (SSSR count). The maximum atomic E-state index is 11.9. The predicted molar refractivity (Wildman–Crippen MR) is 59.7 cm³/mol. The third-order valence-corrected chi connectivity index (χ3v) is 2.99. The van der Waals surface area contributed by atoms with Crippen molar-refractivity contribution in [1.82, 2.24) is 10.2 Å². The number of aliphatic hydroxyl groups is 1. The highest BCUT2D eigenvalue weighted by Crippen LogP contribution is 2.18. The van der Waals surface area contributed by atoms with Crippen LogP contribution < -0.4 is 5.32 Å². The average molecular weight is 228 g/mol. The predicted octanol–water partition coefficient (Wildman–Crippen LogP) is -0.117. The van der Waals surface area contributed by atoms with Gasteiger partial charge in [-0.15, -0.1) is 0 Å². The van der Waals surface area contributed by atoms with Crippen molar-refractivity contribution in [3.05, 3.63) is 0 Å². The Balaban J connectivity index is 2.55. The molecular formula is C11H20N2O3. The van der Waals surface area contributed by atoms with E-state index < -0.39 is 12.1 Å². The molecule has 0 bridgehead atoms. The van der Waals surface area contributed by atoms with Crippen LogP contribution in [0.25, 0.3) is 0 Å². The summed E-state index contributed by atoms with van der Waals surface area (Å²) in [6.45, 7) is 5.67. The molecule has 92 valence electrons. The third-order valence-electron chi connectivity index (χ3n) is 2.99. The van der Waals surface area contributed by atoms with E-state index in [2.05, 4.69) is 5.32 Å². The van der Waals surface area contributed by atoms with Gasteiger partial charge in [0, 0.05) is 19.5 Å². The average Bonchev–Trinajstić information content (AvgIpc) is 2.61. The highest BCUT2D eigenvalue weighted by molar-refractivity contribution is 5.83. The van der Waals surface area contributed by atoms with Gasteiger partial charge in [0.25, 0.3) is 5.91 Å². The summed E-state index contributed by atoms with van der Waals surface area (Å²) in [5.41, 5.74) is 0. The minimum Gasteiger partial charge on any atom is -0.381 e. The molecule has 0 aromatic rings. The smallest absolute Gasteiger partial charge is 0.253 e. The van der Waals surface area contributed by atoms with Crippen molar-refractivity contribution < 1.29 is 14.7 Å². The maximum Gasteiger partial charge on any atom is 0.253 e. The second-order valence-corrected chi connectivity index (χ2v) is 4.46. The van der Waals surface area contributed by atoms with Crippen LogP contribution in [-0.4, -0.2) is 46.6 Å². The lowest BCUT2D eigenvalue weighted by atomic mass is 10.1. The van der Waals surface area contributed by atoms with Gasteiger partial charge in [-0.25, -0.2) is 0 Å². The summed E-state index contributed by atoms with van der Waals surface area (Å²) >= 11 is 0. The Morgan fingerprint density at radius 1 is 1.50 bits per heavy atom. The van der Waals surface area contributed by atoms with E-state index in [4.69, 9.17) is 0 Å². The lowest BCUT2D eigenvalue weighted by Gasteiger charge is -2.27. The molecule has 2 amide bonds. The zero-order valence-corrected chi connectivity index (χ0v) is 10.1. The van der Waals surface area contributed by atoms with Gasteiger partial charge in [-0.2, -0.15) is 0 Å². The van der Waals surface area contributed by atoms with Crippen LogP contribution in [0.1, 0.15) is 33.6 Å². The van der Waals surface area contributed by atoms with Crippen LogP contribution in [-0.2, 0) is 9.59 Å². The molecule has 0 saturated carbocycles. The minimum atomic E-state index is -1.15. The first-order valence-electron chi connectivity index (χ1n) is 5.69. The van der Waals surface area contributed by atoms with E-state index in [0.29, 0.717) is 6.54 Å². The number of hydrogen-bond acceptors (Lipinski definition) is 3. The maximum absolute atomic E-state index is 11.9. The molecule has 1 saturated heterocycles. The van der Waals surface area contributed by atoms with Crippen molar-refractivity contribution >= 4 is 11.8 Å². The van der Waals surface area contributed by atoms with Crippen LogP contribution in [0.3, 0.4) is 0 Å². The topological polar surface area (TPSA) is 69.6 Å². The third kappa shape index (κ3) is 2.95. The fourth-order valence-electron chi connectivity index (χ4n) is 2.04. The number of aliphatic hydroxyl groups excluding tert-OH is 1. The molecule has 16 heavy (non-hydrogen) atoms.